The number of allylic oxidation sites excluding steroid dienone is 2. The monoisotopic (exact) mass is 294 g/mol. The van der Waals surface area contributed by atoms with Crippen molar-refractivity contribution in [2.45, 2.75) is 65.2 Å². The lowest BCUT2D eigenvalue weighted by Gasteiger charge is -2.10. The smallest absolute Gasteiger partial charge is 0.0994 e. The molecule has 0 saturated heterocycles. The summed E-state index contributed by atoms with van der Waals surface area (Å²) in [5, 5.41) is 18.4. The van der Waals surface area contributed by atoms with Crippen LogP contribution in [0.3, 0.4) is 0 Å². The van der Waals surface area contributed by atoms with Crippen LogP contribution < -0.4 is 0 Å². The summed E-state index contributed by atoms with van der Waals surface area (Å²) in [6, 6.07) is 10.5. The van der Waals surface area contributed by atoms with Crippen LogP contribution in [-0.4, -0.2) is 0 Å². The first kappa shape index (κ1) is 18.0. The van der Waals surface area contributed by atoms with Crippen molar-refractivity contribution in [2.75, 3.05) is 0 Å². The first-order chi connectivity index (χ1) is 10.8. The van der Waals surface area contributed by atoms with E-state index in [2.05, 4.69) is 38.1 Å². The topological polar surface area (TPSA) is 47.6 Å². The summed E-state index contributed by atoms with van der Waals surface area (Å²) in [6.45, 7) is 4.36. The van der Waals surface area contributed by atoms with Gasteiger partial charge in [-0.25, -0.2) is 0 Å². The Morgan fingerprint density at radius 1 is 1.05 bits per heavy atom. The van der Waals surface area contributed by atoms with E-state index in [1.54, 1.807) is 6.08 Å². The first-order valence-corrected chi connectivity index (χ1v) is 8.38. The Labute approximate surface area is 135 Å². The van der Waals surface area contributed by atoms with Crippen LogP contribution in [0.25, 0.3) is 5.57 Å². The Morgan fingerprint density at radius 3 is 2.41 bits per heavy atom. The molecule has 2 nitrogen and oxygen atoms in total. The van der Waals surface area contributed by atoms with Crippen LogP contribution >= 0.6 is 0 Å². The van der Waals surface area contributed by atoms with Gasteiger partial charge in [0.2, 0.25) is 0 Å². The molecule has 116 valence electrons. The first-order valence-electron chi connectivity index (χ1n) is 8.38. The second-order valence-corrected chi connectivity index (χ2v) is 5.70. The summed E-state index contributed by atoms with van der Waals surface area (Å²) in [4.78, 5) is 0. The van der Waals surface area contributed by atoms with Gasteiger partial charge in [-0.05, 0) is 48.4 Å². The summed E-state index contributed by atoms with van der Waals surface area (Å²) < 4.78 is 0. The van der Waals surface area contributed by atoms with Gasteiger partial charge < -0.3 is 0 Å². The SMILES string of the molecule is CCCCC/C(=C/C#N)c1ccc(CCCCC)c(C#N)c1. The molecular formula is C20H26N2. The van der Waals surface area contributed by atoms with E-state index in [4.69, 9.17) is 5.26 Å². The van der Waals surface area contributed by atoms with Gasteiger partial charge in [-0.15, -0.1) is 0 Å². The summed E-state index contributed by atoms with van der Waals surface area (Å²) in [5.41, 5.74) is 3.96. The fourth-order valence-electron chi connectivity index (χ4n) is 2.61. The molecule has 2 heteroatoms. The maximum absolute atomic E-state index is 9.39. The number of benzene rings is 1. The molecule has 0 spiro atoms. The molecule has 0 aliphatic carbocycles. The van der Waals surface area contributed by atoms with E-state index in [0.29, 0.717) is 0 Å². The van der Waals surface area contributed by atoms with E-state index in [9.17, 15) is 5.26 Å². The lowest BCUT2D eigenvalue weighted by atomic mass is 9.94. The van der Waals surface area contributed by atoms with Crippen LogP contribution in [0.1, 0.15) is 75.5 Å². The predicted molar refractivity (Wildman–Crippen MR) is 92.1 cm³/mol. The molecule has 0 bridgehead atoms. The highest BCUT2D eigenvalue weighted by Crippen LogP contribution is 2.24. The van der Waals surface area contributed by atoms with Gasteiger partial charge in [0.1, 0.15) is 0 Å². The second kappa shape index (κ2) is 10.6. The third-order valence-corrected chi connectivity index (χ3v) is 3.94. The van der Waals surface area contributed by atoms with Gasteiger partial charge in [0, 0.05) is 6.08 Å². The number of unbranched alkanes of at least 4 members (excludes halogenated alkanes) is 4. The molecule has 1 aromatic carbocycles. The van der Waals surface area contributed by atoms with Crippen LogP contribution in [0.4, 0.5) is 0 Å². The third kappa shape index (κ3) is 5.74. The summed E-state index contributed by atoms with van der Waals surface area (Å²) >= 11 is 0. The summed E-state index contributed by atoms with van der Waals surface area (Å²) in [6.07, 6.45) is 10.4. The highest BCUT2D eigenvalue weighted by atomic mass is 14.3. The zero-order valence-electron chi connectivity index (χ0n) is 13.9. The Kier molecular flexibility index (Phi) is 8.70. The second-order valence-electron chi connectivity index (χ2n) is 5.70. The normalized spacial score (nSPS) is 11.0. The van der Waals surface area contributed by atoms with Gasteiger partial charge in [0.15, 0.2) is 0 Å². The zero-order chi connectivity index (χ0) is 16.2. The van der Waals surface area contributed by atoms with Crippen molar-refractivity contribution in [1.82, 2.24) is 0 Å². The molecule has 0 atom stereocenters. The minimum absolute atomic E-state index is 0.757. The number of nitriles is 2. The van der Waals surface area contributed by atoms with Gasteiger partial charge >= 0.3 is 0 Å². The lowest BCUT2D eigenvalue weighted by Crippen LogP contribution is -1.94. The molecule has 1 aromatic rings. The van der Waals surface area contributed by atoms with E-state index in [1.165, 1.54) is 25.7 Å². The quantitative estimate of drug-likeness (QED) is 0.428. The van der Waals surface area contributed by atoms with E-state index in [0.717, 1.165) is 47.9 Å². The largest absolute Gasteiger partial charge is 0.193 e. The Hall–Kier alpha value is -2.06. The Morgan fingerprint density at radius 2 is 1.77 bits per heavy atom. The third-order valence-electron chi connectivity index (χ3n) is 3.94. The van der Waals surface area contributed by atoms with E-state index in [1.807, 2.05) is 6.07 Å². The van der Waals surface area contributed by atoms with Crippen molar-refractivity contribution in [1.29, 1.82) is 10.5 Å². The lowest BCUT2D eigenvalue weighted by molar-refractivity contribution is 0.716. The molecular weight excluding hydrogens is 268 g/mol. The average Bonchev–Trinajstić information content (AvgIpc) is 2.54. The highest BCUT2D eigenvalue weighted by Gasteiger charge is 2.07. The Balaban J connectivity index is 2.92. The predicted octanol–water partition coefficient (Wildman–Crippen LogP) is 5.78. The maximum Gasteiger partial charge on any atom is 0.0994 e. The fourth-order valence-corrected chi connectivity index (χ4v) is 2.61. The molecule has 1 rings (SSSR count). The van der Waals surface area contributed by atoms with Gasteiger partial charge in [-0.3, -0.25) is 0 Å². The van der Waals surface area contributed by atoms with Gasteiger partial charge in [-0.2, -0.15) is 10.5 Å². The number of nitrogens with zero attached hydrogens (tertiary/aromatic N) is 2. The van der Waals surface area contributed by atoms with Crippen molar-refractivity contribution < 1.29 is 0 Å². The number of rotatable bonds is 9. The zero-order valence-corrected chi connectivity index (χ0v) is 13.9. The van der Waals surface area contributed by atoms with Crippen LogP contribution in [0.5, 0.6) is 0 Å². The molecule has 0 fully saturated rings. The van der Waals surface area contributed by atoms with Crippen LogP contribution in [-0.2, 0) is 6.42 Å². The molecule has 0 saturated carbocycles. The average molecular weight is 294 g/mol. The number of aryl methyl sites for hydroxylation is 1. The van der Waals surface area contributed by atoms with Crippen molar-refractivity contribution in [2.24, 2.45) is 0 Å². The van der Waals surface area contributed by atoms with Crippen molar-refractivity contribution in [3.05, 3.63) is 41.0 Å². The van der Waals surface area contributed by atoms with Crippen molar-refractivity contribution in [3.8, 4) is 12.1 Å². The van der Waals surface area contributed by atoms with Crippen LogP contribution in [0.15, 0.2) is 24.3 Å². The highest BCUT2D eigenvalue weighted by molar-refractivity contribution is 5.69. The molecule has 0 N–H and O–H groups in total. The standard InChI is InChI=1S/C20H26N2/c1-3-5-7-9-17-11-12-19(15-20(17)16-22)18(13-14-21)10-8-6-4-2/h11-13,15H,3-10H2,1-2H3/b18-13-. The fraction of sp³-hybridized carbons (Fsp3) is 0.500. The number of hydrogen-bond donors (Lipinski definition) is 0. The molecule has 0 radical (unpaired) electrons. The molecule has 0 unspecified atom stereocenters. The van der Waals surface area contributed by atoms with Crippen LogP contribution in [0.2, 0.25) is 0 Å². The number of hydrogen-bond acceptors (Lipinski definition) is 2. The van der Waals surface area contributed by atoms with E-state index in [-0.39, 0.29) is 0 Å². The van der Waals surface area contributed by atoms with Gasteiger partial charge in [-0.1, -0.05) is 51.7 Å². The summed E-state index contributed by atoms with van der Waals surface area (Å²) in [7, 11) is 0. The van der Waals surface area contributed by atoms with Crippen LogP contribution in [0, 0.1) is 22.7 Å². The van der Waals surface area contributed by atoms with E-state index < -0.39 is 0 Å². The maximum atomic E-state index is 9.39. The van der Waals surface area contributed by atoms with E-state index >= 15 is 0 Å². The minimum atomic E-state index is 0.757. The summed E-state index contributed by atoms with van der Waals surface area (Å²) in [5.74, 6) is 0. The van der Waals surface area contributed by atoms with Gasteiger partial charge in [0.25, 0.3) is 0 Å². The Bertz CT molecular complexity index is 570. The van der Waals surface area contributed by atoms with Gasteiger partial charge in [0.05, 0.1) is 17.7 Å². The molecule has 0 aliphatic heterocycles. The molecule has 0 amide bonds. The minimum Gasteiger partial charge on any atom is -0.193 e. The van der Waals surface area contributed by atoms with Crippen molar-refractivity contribution in [3.63, 3.8) is 0 Å². The molecule has 0 aromatic heterocycles. The molecule has 0 aliphatic rings. The molecule has 22 heavy (non-hydrogen) atoms. The van der Waals surface area contributed by atoms with Crippen molar-refractivity contribution >= 4 is 5.57 Å². The molecule has 0 heterocycles.